The van der Waals surface area contributed by atoms with Crippen molar-refractivity contribution >= 4 is 17.1 Å². The van der Waals surface area contributed by atoms with Crippen molar-refractivity contribution < 1.29 is 4.79 Å². The molecule has 2 nitrogen and oxygen atoms in total. The SMILES string of the molecule is CCN(CC(=O)c1cccs1)CC(C)C. The van der Waals surface area contributed by atoms with E-state index in [0.717, 1.165) is 18.0 Å². The molecule has 0 atom stereocenters. The van der Waals surface area contributed by atoms with E-state index < -0.39 is 0 Å². The van der Waals surface area contributed by atoms with Crippen LogP contribution in [0.1, 0.15) is 30.4 Å². The van der Waals surface area contributed by atoms with Gasteiger partial charge in [0.2, 0.25) is 0 Å². The molecule has 0 N–H and O–H groups in total. The molecule has 0 bridgehead atoms. The molecular formula is C12H19NOS. The van der Waals surface area contributed by atoms with Crippen molar-refractivity contribution in [2.75, 3.05) is 19.6 Å². The van der Waals surface area contributed by atoms with Crippen LogP contribution in [0.5, 0.6) is 0 Å². The van der Waals surface area contributed by atoms with E-state index in [0.29, 0.717) is 12.5 Å². The van der Waals surface area contributed by atoms with Crippen LogP contribution in [0.3, 0.4) is 0 Å². The summed E-state index contributed by atoms with van der Waals surface area (Å²) in [5, 5.41) is 1.95. The molecular weight excluding hydrogens is 206 g/mol. The van der Waals surface area contributed by atoms with Crippen LogP contribution in [-0.2, 0) is 0 Å². The van der Waals surface area contributed by atoms with Crippen LogP contribution in [-0.4, -0.2) is 30.3 Å². The van der Waals surface area contributed by atoms with E-state index in [2.05, 4.69) is 25.7 Å². The predicted octanol–water partition coefficient (Wildman–Crippen LogP) is 2.91. The minimum absolute atomic E-state index is 0.243. The molecule has 0 saturated carbocycles. The van der Waals surface area contributed by atoms with Crippen LogP contribution in [0.25, 0.3) is 0 Å². The van der Waals surface area contributed by atoms with Crippen LogP contribution in [0.4, 0.5) is 0 Å². The van der Waals surface area contributed by atoms with E-state index >= 15 is 0 Å². The Bertz CT molecular complexity index is 293. The summed E-state index contributed by atoms with van der Waals surface area (Å²) in [7, 11) is 0. The van der Waals surface area contributed by atoms with E-state index in [1.807, 2.05) is 17.5 Å². The van der Waals surface area contributed by atoms with Gasteiger partial charge < -0.3 is 0 Å². The third kappa shape index (κ3) is 4.14. The standard InChI is InChI=1S/C12H19NOS/c1-4-13(8-10(2)3)9-11(14)12-6-5-7-15-12/h5-7,10H,4,8-9H2,1-3H3. The monoisotopic (exact) mass is 225 g/mol. The fourth-order valence-electron chi connectivity index (χ4n) is 1.54. The van der Waals surface area contributed by atoms with Crippen molar-refractivity contribution in [2.24, 2.45) is 5.92 Å². The third-order valence-electron chi connectivity index (χ3n) is 2.23. The Labute approximate surface area is 95.9 Å². The lowest BCUT2D eigenvalue weighted by molar-refractivity contribution is 0.0930. The minimum atomic E-state index is 0.243. The second-order valence-electron chi connectivity index (χ2n) is 4.12. The highest BCUT2D eigenvalue weighted by atomic mass is 32.1. The highest BCUT2D eigenvalue weighted by Gasteiger charge is 2.12. The lowest BCUT2D eigenvalue weighted by atomic mass is 10.2. The van der Waals surface area contributed by atoms with Crippen molar-refractivity contribution in [1.82, 2.24) is 4.90 Å². The molecule has 1 heterocycles. The number of carbonyl (C=O) groups is 1. The van der Waals surface area contributed by atoms with Crippen molar-refractivity contribution in [2.45, 2.75) is 20.8 Å². The summed E-state index contributed by atoms with van der Waals surface area (Å²) in [5.74, 6) is 0.855. The number of likely N-dealkylation sites (N-methyl/N-ethyl adjacent to an activating group) is 1. The van der Waals surface area contributed by atoms with Crippen LogP contribution in [0.2, 0.25) is 0 Å². The van der Waals surface area contributed by atoms with Gasteiger partial charge in [0.15, 0.2) is 5.78 Å². The maximum atomic E-state index is 11.8. The summed E-state index contributed by atoms with van der Waals surface area (Å²) in [5.41, 5.74) is 0. The van der Waals surface area contributed by atoms with Gasteiger partial charge >= 0.3 is 0 Å². The van der Waals surface area contributed by atoms with Crippen LogP contribution in [0.15, 0.2) is 17.5 Å². The van der Waals surface area contributed by atoms with Crippen molar-refractivity contribution in [1.29, 1.82) is 0 Å². The highest BCUT2D eigenvalue weighted by molar-refractivity contribution is 7.12. The topological polar surface area (TPSA) is 20.3 Å². The number of hydrogen-bond donors (Lipinski definition) is 0. The average Bonchev–Trinajstić information content (AvgIpc) is 2.68. The molecule has 0 aromatic carbocycles. The number of carbonyl (C=O) groups excluding carboxylic acids is 1. The molecule has 0 fully saturated rings. The molecule has 1 aromatic heterocycles. The Morgan fingerprint density at radius 3 is 2.73 bits per heavy atom. The van der Waals surface area contributed by atoms with Gasteiger partial charge in [-0.2, -0.15) is 0 Å². The summed E-state index contributed by atoms with van der Waals surface area (Å²) in [4.78, 5) is 14.9. The first-order valence-electron chi connectivity index (χ1n) is 5.42. The Balaban J connectivity index is 2.48. The van der Waals surface area contributed by atoms with Gasteiger partial charge in [-0.05, 0) is 23.9 Å². The minimum Gasteiger partial charge on any atom is -0.296 e. The predicted molar refractivity (Wildman–Crippen MR) is 65.6 cm³/mol. The van der Waals surface area contributed by atoms with Gasteiger partial charge in [0.05, 0.1) is 11.4 Å². The van der Waals surface area contributed by atoms with Crippen LogP contribution >= 0.6 is 11.3 Å². The molecule has 0 radical (unpaired) electrons. The molecule has 3 heteroatoms. The maximum absolute atomic E-state index is 11.8. The molecule has 0 saturated heterocycles. The van der Waals surface area contributed by atoms with Gasteiger partial charge in [-0.3, -0.25) is 9.69 Å². The van der Waals surface area contributed by atoms with Gasteiger partial charge in [-0.15, -0.1) is 11.3 Å². The Kier molecular flexibility index (Phi) is 4.99. The van der Waals surface area contributed by atoms with E-state index in [9.17, 15) is 4.79 Å². The Morgan fingerprint density at radius 1 is 1.53 bits per heavy atom. The average molecular weight is 225 g/mol. The molecule has 15 heavy (non-hydrogen) atoms. The number of nitrogens with zero attached hydrogens (tertiary/aromatic N) is 1. The summed E-state index contributed by atoms with van der Waals surface area (Å²) in [6.45, 7) is 8.94. The first kappa shape index (κ1) is 12.4. The van der Waals surface area contributed by atoms with Crippen LogP contribution in [0, 0.1) is 5.92 Å². The molecule has 0 aliphatic carbocycles. The largest absolute Gasteiger partial charge is 0.296 e. The van der Waals surface area contributed by atoms with E-state index in [4.69, 9.17) is 0 Å². The van der Waals surface area contributed by atoms with E-state index in [1.165, 1.54) is 11.3 Å². The molecule has 0 unspecified atom stereocenters. The maximum Gasteiger partial charge on any atom is 0.186 e. The lowest BCUT2D eigenvalue weighted by Crippen LogP contribution is -2.32. The smallest absolute Gasteiger partial charge is 0.186 e. The van der Waals surface area contributed by atoms with Gasteiger partial charge in [0, 0.05) is 6.54 Å². The zero-order valence-electron chi connectivity index (χ0n) is 9.69. The number of thiophene rings is 1. The quantitative estimate of drug-likeness (QED) is 0.694. The first-order chi connectivity index (χ1) is 7.13. The third-order valence-corrected chi connectivity index (χ3v) is 3.14. The second-order valence-corrected chi connectivity index (χ2v) is 5.07. The Hall–Kier alpha value is -0.670. The number of Topliss-reactive ketones (excluding diaryl/α,β-unsaturated/α-hetero) is 1. The zero-order valence-corrected chi connectivity index (χ0v) is 10.5. The van der Waals surface area contributed by atoms with Crippen molar-refractivity contribution in [3.63, 3.8) is 0 Å². The van der Waals surface area contributed by atoms with Gasteiger partial charge in [0.25, 0.3) is 0 Å². The normalized spacial score (nSPS) is 11.3. The number of rotatable bonds is 6. The van der Waals surface area contributed by atoms with E-state index in [1.54, 1.807) is 0 Å². The molecule has 0 aliphatic rings. The highest BCUT2D eigenvalue weighted by Crippen LogP contribution is 2.10. The van der Waals surface area contributed by atoms with Crippen molar-refractivity contribution in [3.05, 3.63) is 22.4 Å². The lowest BCUT2D eigenvalue weighted by Gasteiger charge is -2.21. The summed E-state index contributed by atoms with van der Waals surface area (Å²) in [6, 6.07) is 3.83. The zero-order chi connectivity index (χ0) is 11.3. The number of hydrogen-bond acceptors (Lipinski definition) is 3. The van der Waals surface area contributed by atoms with Crippen LogP contribution < -0.4 is 0 Å². The molecule has 1 aromatic rings. The summed E-state index contributed by atoms with van der Waals surface area (Å²) in [6.07, 6.45) is 0. The Morgan fingerprint density at radius 2 is 2.27 bits per heavy atom. The van der Waals surface area contributed by atoms with Crippen molar-refractivity contribution in [3.8, 4) is 0 Å². The summed E-state index contributed by atoms with van der Waals surface area (Å²) < 4.78 is 0. The van der Waals surface area contributed by atoms with Gasteiger partial charge in [-0.25, -0.2) is 0 Å². The molecule has 0 amide bonds. The molecule has 84 valence electrons. The molecule has 1 rings (SSSR count). The number of ketones is 1. The summed E-state index contributed by atoms with van der Waals surface area (Å²) >= 11 is 1.53. The van der Waals surface area contributed by atoms with E-state index in [-0.39, 0.29) is 5.78 Å². The fraction of sp³-hybridized carbons (Fsp3) is 0.583. The molecule has 0 aliphatic heterocycles. The molecule has 0 spiro atoms. The van der Waals surface area contributed by atoms with Gasteiger partial charge in [0.1, 0.15) is 0 Å². The first-order valence-corrected chi connectivity index (χ1v) is 6.30. The van der Waals surface area contributed by atoms with Gasteiger partial charge in [-0.1, -0.05) is 26.8 Å². The fourth-order valence-corrected chi connectivity index (χ4v) is 2.20. The second kappa shape index (κ2) is 6.03.